The summed E-state index contributed by atoms with van der Waals surface area (Å²) in [6.07, 6.45) is 4.19. The van der Waals surface area contributed by atoms with Crippen molar-refractivity contribution in [3.8, 4) is 5.75 Å². The molecule has 0 unspecified atom stereocenters. The number of hydrogen-bond acceptors (Lipinski definition) is 5. The molecule has 0 atom stereocenters. The van der Waals surface area contributed by atoms with Crippen LogP contribution in [-0.2, 0) is 6.42 Å². The molecule has 3 rings (SSSR count). The van der Waals surface area contributed by atoms with Gasteiger partial charge < -0.3 is 15.7 Å². The Balaban J connectivity index is 1.42. The number of aryl methyl sites for hydroxylation is 1. The van der Waals surface area contributed by atoms with Crippen LogP contribution < -0.4 is 10.6 Å². The van der Waals surface area contributed by atoms with Gasteiger partial charge in [0.2, 0.25) is 0 Å². The maximum Gasteiger partial charge on any atom is 0.251 e. The van der Waals surface area contributed by atoms with Crippen LogP contribution in [0.4, 0.5) is 5.00 Å². The van der Waals surface area contributed by atoms with Gasteiger partial charge in [0.15, 0.2) is 0 Å². The van der Waals surface area contributed by atoms with E-state index in [9.17, 15) is 9.90 Å². The Morgan fingerprint density at radius 1 is 1.11 bits per heavy atom. The van der Waals surface area contributed by atoms with E-state index in [1.54, 1.807) is 12.1 Å². The molecule has 3 N–H and O–H groups in total. The molecular weight excluding hydrogens is 358 g/mol. The quantitative estimate of drug-likeness (QED) is 0.473. The Labute approximate surface area is 163 Å². The van der Waals surface area contributed by atoms with Crippen molar-refractivity contribution < 1.29 is 9.90 Å². The second-order valence-electron chi connectivity index (χ2n) is 6.52. The van der Waals surface area contributed by atoms with Gasteiger partial charge in [0.05, 0.1) is 10.9 Å². The number of benzene rings is 2. The van der Waals surface area contributed by atoms with E-state index in [1.165, 1.54) is 29.9 Å². The summed E-state index contributed by atoms with van der Waals surface area (Å²) in [6.45, 7) is 3.46. The first-order valence-electron chi connectivity index (χ1n) is 9.37. The van der Waals surface area contributed by atoms with Gasteiger partial charge >= 0.3 is 0 Å². The molecule has 0 saturated heterocycles. The largest absolute Gasteiger partial charge is 0.507 e. The van der Waals surface area contributed by atoms with E-state index in [1.807, 2.05) is 30.3 Å². The number of carbonyl (C=O) groups excluding carboxylic acids is 1. The minimum absolute atomic E-state index is 0.0436. The lowest BCUT2D eigenvalue weighted by Crippen LogP contribution is -2.25. The van der Waals surface area contributed by atoms with Crippen LogP contribution in [0.1, 0.15) is 42.1 Å². The fourth-order valence-corrected chi connectivity index (χ4v) is 3.70. The van der Waals surface area contributed by atoms with Crippen molar-refractivity contribution in [3.05, 3.63) is 53.6 Å². The predicted octanol–water partition coefficient (Wildman–Crippen LogP) is 4.58. The molecule has 0 bridgehead atoms. The lowest BCUT2D eigenvalue weighted by Gasteiger charge is -2.07. The second-order valence-corrected chi connectivity index (χ2v) is 7.29. The summed E-state index contributed by atoms with van der Waals surface area (Å²) in [7, 11) is 0. The number of phenolic OH excluding ortho intramolecular Hbond substituents is 1. The van der Waals surface area contributed by atoms with Gasteiger partial charge in [-0.1, -0.05) is 31.5 Å². The molecule has 1 aromatic heterocycles. The molecular formula is C21H25N3O2S. The van der Waals surface area contributed by atoms with E-state index in [0.29, 0.717) is 18.7 Å². The number of anilines is 1. The van der Waals surface area contributed by atoms with Gasteiger partial charge in [-0.05, 0) is 60.6 Å². The fraction of sp³-hybridized carbons (Fsp3) is 0.333. The highest BCUT2D eigenvalue weighted by atomic mass is 32.1. The number of phenols is 1. The molecule has 3 aromatic rings. The zero-order chi connectivity index (χ0) is 19.1. The average molecular weight is 384 g/mol. The zero-order valence-corrected chi connectivity index (χ0v) is 16.3. The number of hydrogen-bond donors (Lipinski definition) is 3. The number of carbonyl (C=O) groups is 1. The van der Waals surface area contributed by atoms with Gasteiger partial charge in [-0.3, -0.25) is 4.79 Å². The average Bonchev–Trinajstić information content (AvgIpc) is 3.11. The minimum Gasteiger partial charge on any atom is -0.507 e. The molecule has 0 radical (unpaired) electrons. The highest BCUT2D eigenvalue weighted by Crippen LogP contribution is 2.34. The molecule has 0 spiro atoms. The van der Waals surface area contributed by atoms with Crippen LogP contribution >= 0.6 is 11.5 Å². The van der Waals surface area contributed by atoms with Crippen molar-refractivity contribution in [2.45, 2.75) is 32.6 Å². The summed E-state index contributed by atoms with van der Waals surface area (Å²) in [5, 5.41) is 17.8. The molecule has 0 aliphatic heterocycles. The highest BCUT2D eigenvalue weighted by molar-refractivity contribution is 7.11. The number of aromatic hydroxyl groups is 1. The van der Waals surface area contributed by atoms with Crippen LogP contribution in [0.5, 0.6) is 5.75 Å². The van der Waals surface area contributed by atoms with Crippen molar-refractivity contribution in [3.63, 3.8) is 0 Å². The Kier molecular flexibility index (Phi) is 6.65. The molecule has 1 heterocycles. The summed E-state index contributed by atoms with van der Waals surface area (Å²) in [5.41, 5.74) is 2.76. The van der Waals surface area contributed by atoms with Crippen LogP contribution in [0.25, 0.3) is 10.9 Å². The molecule has 0 fully saturated rings. The number of unbranched alkanes of at least 4 members (excludes halogenated alkanes) is 1. The molecule has 6 heteroatoms. The number of aromatic nitrogens is 1. The number of fused-ring (bicyclic) bond motifs is 1. The number of nitrogens with one attached hydrogen (secondary N) is 2. The normalized spacial score (nSPS) is 10.9. The lowest BCUT2D eigenvalue weighted by molar-refractivity contribution is 0.0953. The van der Waals surface area contributed by atoms with Gasteiger partial charge in [0, 0.05) is 18.7 Å². The van der Waals surface area contributed by atoms with Crippen LogP contribution in [0.15, 0.2) is 42.5 Å². The minimum atomic E-state index is -0.0436. The Morgan fingerprint density at radius 2 is 1.93 bits per heavy atom. The van der Waals surface area contributed by atoms with Gasteiger partial charge in [0.1, 0.15) is 10.8 Å². The smallest absolute Gasteiger partial charge is 0.251 e. The summed E-state index contributed by atoms with van der Waals surface area (Å²) < 4.78 is 4.32. The van der Waals surface area contributed by atoms with Gasteiger partial charge in [-0.25, -0.2) is 0 Å². The van der Waals surface area contributed by atoms with Crippen LogP contribution in [0, 0.1) is 0 Å². The van der Waals surface area contributed by atoms with Crippen LogP contribution in [0.3, 0.4) is 0 Å². The topological polar surface area (TPSA) is 74.2 Å². The Morgan fingerprint density at radius 3 is 2.70 bits per heavy atom. The van der Waals surface area contributed by atoms with E-state index < -0.39 is 0 Å². The fourth-order valence-electron chi connectivity index (χ4n) is 2.90. The molecule has 142 valence electrons. The summed E-state index contributed by atoms with van der Waals surface area (Å²) >= 11 is 1.34. The molecule has 1 amide bonds. The predicted molar refractivity (Wildman–Crippen MR) is 112 cm³/mol. The van der Waals surface area contributed by atoms with E-state index in [-0.39, 0.29) is 11.7 Å². The van der Waals surface area contributed by atoms with Gasteiger partial charge in [-0.2, -0.15) is 4.37 Å². The molecule has 0 aliphatic carbocycles. The number of amides is 1. The second kappa shape index (κ2) is 9.37. The molecule has 5 nitrogen and oxygen atoms in total. The van der Waals surface area contributed by atoms with E-state index in [0.717, 1.165) is 28.7 Å². The number of nitrogens with zero attached hydrogens (tertiary/aromatic N) is 1. The standard InChI is InChI=1S/C21H25N3O2S/c1-2-3-6-15-9-11-16(12-10-15)20(26)22-13-5-14-23-21-19-17(24-27-21)7-4-8-18(19)25/h4,7-12,23,25H,2-3,5-6,13-14H2,1H3,(H,22,26). The third-order valence-corrected chi connectivity index (χ3v) is 5.26. The summed E-state index contributed by atoms with van der Waals surface area (Å²) in [6, 6.07) is 13.2. The molecule has 2 aromatic carbocycles. The summed E-state index contributed by atoms with van der Waals surface area (Å²) in [5.74, 6) is 0.192. The van der Waals surface area contributed by atoms with Gasteiger partial charge in [-0.15, -0.1) is 0 Å². The zero-order valence-electron chi connectivity index (χ0n) is 15.5. The van der Waals surface area contributed by atoms with Crippen molar-refractivity contribution in [1.82, 2.24) is 9.69 Å². The Bertz CT molecular complexity index is 890. The van der Waals surface area contributed by atoms with E-state index in [4.69, 9.17) is 0 Å². The van der Waals surface area contributed by atoms with E-state index >= 15 is 0 Å². The monoisotopic (exact) mass is 383 g/mol. The summed E-state index contributed by atoms with van der Waals surface area (Å²) in [4.78, 5) is 12.2. The molecule has 27 heavy (non-hydrogen) atoms. The van der Waals surface area contributed by atoms with Crippen molar-refractivity contribution in [2.24, 2.45) is 0 Å². The first kappa shape index (κ1) is 19.2. The van der Waals surface area contributed by atoms with E-state index in [2.05, 4.69) is 21.9 Å². The third-order valence-electron chi connectivity index (χ3n) is 4.44. The third kappa shape index (κ3) is 4.98. The molecule has 0 saturated carbocycles. The lowest BCUT2D eigenvalue weighted by atomic mass is 10.1. The maximum absolute atomic E-state index is 12.2. The SMILES string of the molecule is CCCCc1ccc(C(=O)NCCCNc2snc3cccc(O)c23)cc1. The molecule has 0 aliphatic rings. The van der Waals surface area contributed by atoms with Crippen LogP contribution in [0.2, 0.25) is 0 Å². The Hall–Kier alpha value is -2.60. The van der Waals surface area contributed by atoms with Gasteiger partial charge in [0.25, 0.3) is 5.91 Å². The van der Waals surface area contributed by atoms with Crippen molar-refractivity contribution in [2.75, 3.05) is 18.4 Å². The van der Waals surface area contributed by atoms with Crippen molar-refractivity contribution in [1.29, 1.82) is 0 Å². The first-order chi connectivity index (χ1) is 13.2. The maximum atomic E-state index is 12.2. The van der Waals surface area contributed by atoms with Crippen LogP contribution in [-0.4, -0.2) is 28.5 Å². The highest BCUT2D eigenvalue weighted by Gasteiger charge is 2.09. The first-order valence-corrected chi connectivity index (χ1v) is 10.1. The number of rotatable bonds is 9. The van der Waals surface area contributed by atoms with Crippen molar-refractivity contribution >= 4 is 33.3 Å².